The van der Waals surface area contributed by atoms with Crippen molar-refractivity contribution in [2.45, 2.75) is 87.8 Å². The largest absolute Gasteiger partial charge is 0.455 e. The van der Waals surface area contributed by atoms with E-state index in [2.05, 4.69) is 15.1 Å². The molecule has 2 aromatic rings. The van der Waals surface area contributed by atoms with Crippen molar-refractivity contribution in [2.24, 2.45) is 0 Å². The van der Waals surface area contributed by atoms with Crippen molar-refractivity contribution in [2.75, 3.05) is 84.1 Å². The van der Waals surface area contributed by atoms with Gasteiger partial charge in [0.05, 0.1) is 22.8 Å². The topological polar surface area (TPSA) is 161 Å². The van der Waals surface area contributed by atoms with Crippen LogP contribution in [0.5, 0.6) is 0 Å². The lowest BCUT2D eigenvalue weighted by molar-refractivity contribution is -0.153. The third kappa shape index (κ3) is 10.3. The van der Waals surface area contributed by atoms with Crippen molar-refractivity contribution in [1.82, 2.24) is 29.4 Å². The van der Waals surface area contributed by atoms with Gasteiger partial charge in [-0.05, 0) is 74.3 Å². The fourth-order valence-electron chi connectivity index (χ4n) is 9.49. The van der Waals surface area contributed by atoms with E-state index in [1.54, 1.807) is 23.9 Å². The molecule has 15 nitrogen and oxygen atoms in total. The van der Waals surface area contributed by atoms with Gasteiger partial charge >= 0.3 is 24.3 Å². The van der Waals surface area contributed by atoms with Gasteiger partial charge in [-0.15, -0.1) is 0 Å². The third-order valence-corrected chi connectivity index (χ3v) is 13.2. The quantitative estimate of drug-likeness (QED) is 0.260. The standard InChI is InChI=1S/C42H54ClF3N8O7/c1-49(2)36(55)25-60-37(56)24-54-29-7-8-30(54)23-31(22-29)50-15-17-51(18-16-50)39(57)35(21-26-19-32(42(44,45)46)38(47)33(43)20-26)61-41(59)52-12-10-28(11-13-52)53-14-9-27-5-3-4-6-34(27)48-40(53)58/h3-6,19-20,28-31,35H,7-18,21-25,47H2,1-2H3,(H,48,58)/t29?,30?,31?,35-/m1/s1. The summed E-state index contributed by atoms with van der Waals surface area (Å²) in [6, 6.07) is 10.00. The fourth-order valence-corrected chi connectivity index (χ4v) is 9.74. The lowest BCUT2D eigenvalue weighted by Crippen LogP contribution is -2.58. The van der Waals surface area contributed by atoms with Crippen LogP contribution in [-0.4, -0.2) is 163 Å². The molecule has 2 bridgehead atoms. The van der Waals surface area contributed by atoms with Crippen LogP contribution < -0.4 is 11.1 Å². The maximum absolute atomic E-state index is 14.3. The smallest absolute Gasteiger partial charge is 0.418 e. The van der Waals surface area contributed by atoms with E-state index in [1.807, 2.05) is 24.3 Å². The van der Waals surface area contributed by atoms with Crippen LogP contribution in [0.2, 0.25) is 5.02 Å². The van der Waals surface area contributed by atoms with Gasteiger partial charge in [0.15, 0.2) is 12.7 Å². The van der Waals surface area contributed by atoms with Gasteiger partial charge in [-0.1, -0.05) is 29.8 Å². The number of nitrogen functional groups attached to an aromatic ring is 1. The molecule has 4 saturated heterocycles. The minimum absolute atomic E-state index is 0.0404. The number of benzene rings is 2. The molecular weight excluding hydrogens is 821 g/mol. The Labute approximate surface area is 358 Å². The summed E-state index contributed by atoms with van der Waals surface area (Å²) in [5.74, 6) is -1.24. The maximum Gasteiger partial charge on any atom is 0.418 e. The van der Waals surface area contributed by atoms with E-state index in [0.29, 0.717) is 52.0 Å². The number of likely N-dealkylation sites (tertiary alicyclic amines) is 1. The number of rotatable bonds is 10. The van der Waals surface area contributed by atoms with Gasteiger partial charge in [0.2, 0.25) is 0 Å². The second-order valence-electron chi connectivity index (χ2n) is 16.9. The van der Waals surface area contributed by atoms with E-state index >= 15 is 0 Å². The molecule has 0 aromatic heterocycles. The SMILES string of the molecule is CN(C)C(=O)COC(=O)CN1C2CCC1CC(N1CCN(C(=O)[C@@H](Cc3cc(Cl)c(N)c(C(F)(F)F)c3)OC(=O)N3CCC(N4CCc5ccccc5NC4=O)CC3)CC1)C2. The normalized spacial score (nSPS) is 23.1. The summed E-state index contributed by atoms with van der Waals surface area (Å²) in [7, 11) is 3.20. The number of nitrogens with one attached hydrogen (secondary N) is 1. The number of carbonyl (C=O) groups is 5. The van der Waals surface area contributed by atoms with Gasteiger partial charge in [-0.3, -0.25) is 24.2 Å². The third-order valence-electron chi connectivity index (χ3n) is 12.9. The zero-order valence-corrected chi connectivity index (χ0v) is 35.3. The number of hydrogen-bond donors (Lipinski definition) is 2. The van der Waals surface area contributed by atoms with Crippen molar-refractivity contribution < 1.29 is 46.6 Å². The van der Waals surface area contributed by atoms with Crippen LogP contribution >= 0.6 is 11.6 Å². The molecule has 0 aliphatic carbocycles. The number of likely N-dealkylation sites (N-methyl/N-ethyl adjacent to an activating group) is 1. The molecule has 0 spiro atoms. The highest BCUT2D eigenvalue weighted by Crippen LogP contribution is 2.39. The summed E-state index contributed by atoms with van der Waals surface area (Å²) in [5.41, 5.74) is 5.79. The molecular formula is C42H54ClF3N8O7. The molecule has 61 heavy (non-hydrogen) atoms. The van der Waals surface area contributed by atoms with Gasteiger partial charge in [0.1, 0.15) is 0 Å². The van der Waals surface area contributed by atoms with Crippen molar-refractivity contribution in [3.8, 4) is 0 Å². The summed E-state index contributed by atoms with van der Waals surface area (Å²) < 4.78 is 53.0. The molecule has 332 valence electrons. The first kappa shape index (κ1) is 44.3. The van der Waals surface area contributed by atoms with Gasteiger partial charge in [0, 0.05) is 96.2 Å². The highest BCUT2D eigenvalue weighted by atomic mass is 35.5. The molecule has 2 unspecified atom stereocenters. The molecule has 0 saturated carbocycles. The van der Waals surface area contributed by atoms with Crippen LogP contribution in [-0.2, 0) is 42.9 Å². The highest BCUT2D eigenvalue weighted by Gasteiger charge is 2.44. The number of nitrogens with zero attached hydrogens (tertiary/aromatic N) is 6. The van der Waals surface area contributed by atoms with Crippen LogP contribution in [0.1, 0.15) is 55.2 Å². The molecule has 5 aliphatic rings. The zero-order valence-electron chi connectivity index (χ0n) is 34.5. The molecule has 0 radical (unpaired) electrons. The Morgan fingerprint density at radius 1 is 0.902 bits per heavy atom. The number of hydrogen-bond acceptors (Lipinski definition) is 10. The predicted molar refractivity (Wildman–Crippen MR) is 220 cm³/mol. The Bertz CT molecular complexity index is 1960. The fraction of sp³-hybridized carbons (Fsp3) is 0.595. The second kappa shape index (κ2) is 18.7. The van der Waals surface area contributed by atoms with Crippen molar-refractivity contribution in [1.29, 1.82) is 0 Å². The first-order valence-electron chi connectivity index (χ1n) is 21.0. The number of urea groups is 1. The molecule has 3 atom stereocenters. The van der Waals surface area contributed by atoms with Crippen LogP contribution in [0.3, 0.4) is 0 Å². The molecule has 5 amide bonds. The number of amides is 5. The van der Waals surface area contributed by atoms with E-state index in [4.69, 9.17) is 26.8 Å². The molecule has 2 aromatic carbocycles. The number of fused-ring (bicyclic) bond motifs is 3. The average Bonchev–Trinajstić information content (AvgIpc) is 3.36. The average molecular weight is 875 g/mol. The Morgan fingerprint density at radius 2 is 1.57 bits per heavy atom. The van der Waals surface area contributed by atoms with Gasteiger partial charge in [-0.2, -0.15) is 13.2 Å². The second-order valence-corrected chi connectivity index (χ2v) is 17.3. The lowest BCUT2D eigenvalue weighted by atomic mass is 9.95. The Balaban J connectivity index is 0.971. The maximum atomic E-state index is 14.3. The Morgan fingerprint density at radius 3 is 2.23 bits per heavy atom. The van der Waals surface area contributed by atoms with E-state index < -0.39 is 41.5 Å². The number of piperidine rings is 2. The number of piperazine rings is 1. The number of anilines is 2. The summed E-state index contributed by atoms with van der Waals surface area (Å²) >= 11 is 6.16. The lowest BCUT2D eigenvalue weighted by Gasteiger charge is -2.46. The van der Waals surface area contributed by atoms with Gasteiger partial charge in [-0.25, -0.2) is 9.59 Å². The number of carbonyl (C=O) groups excluding carboxylic acids is 5. The highest BCUT2D eigenvalue weighted by molar-refractivity contribution is 6.33. The van der Waals surface area contributed by atoms with Crippen molar-refractivity contribution >= 4 is 52.9 Å². The number of nitrogens with two attached hydrogens (primary N) is 1. The molecule has 5 heterocycles. The molecule has 4 fully saturated rings. The number of halogens is 4. The molecule has 3 N–H and O–H groups in total. The van der Waals surface area contributed by atoms with Gasteiger partial charge in [0.25, 0.3) is 11.8 Å². The molecule has 19 heteroatoms. The van der Waals surface area contributed by atoms with Gasteiger partial charge < -0.3 is 40.1 Å². The minimum atomic E-state index is -4.81. The molecule has 7 rings (SSSR count). The number of para-hydroxylation sites is 1. The van der Waals surface area contributed by atoms with E-state index in [1.165, 1.54) is 15.9 Å². The van der Waals surface area contributed by atoms with E-state index in [0.717, 1.165) is 43.0 Å². The Kier molecular flexibility index (Phi) is 13.5. The summed E-state index contributed by atoms with van der Waals surface area (Å²) in [6.45, 7) is 2.57. The number of alkyl halides is 3. The monoisotopic (exact) mass is 874 g/mol. The van der Waals surface area contributed by atoms with Crippen molar-refractivity contribution in [3.63, 3.8) is 0 Å². The summed E-state index contributed by atoms with van der Waals surface area (Å²) in [5, 5.41) is 2.66. The van der Waals surface area contributed by atoms with Crippen LogP contribution in [0.4, 0.5) is 34.1 Å². The minimum Gasteiger partial charge on any atom is -0.455 e. The molecule has 5 aliphatic heterocycles. The summed E-state index contributed by atoms with van der Waals surface area (Å²) in [4.78, 5) is 76.4. The van der Waals surface area contributed by atoms with E-state index in [-0.39, 0.29) is 79.4 Å². The summed E-state index contributed by atoms with van der Waals surface area (Å²) in [6.07, 6.45) is -2.18. The van der Waals surface area contributed by atoms with Crippen LogP contribution in [0.15, 0.2) is 36.4 Å². The number of esters is 1. The predicted octanol–water partition coefficient (Wildman–Crippen LogP) is 4.31. The van der Waals surface area contributed by atoms with E-state index in [9.17, 15) is 37.1 Å². The number of ether oxygens (including phenoxy) is 2. The van der Waals surface area contributed by atoms with Crippen LogP contribution in [0, 0.1) is 0 Å². The first-order valence-corrected chi connectivity index (χ1v) is 21.3. The Hall–Kier alpha value is -4.81. The first-order chi connectivity index (χ1) is 29.0. The van der Waals surface area contributed by atoms with Crippen molar-refractivity contribution in [3.05, 3.63) is 58.1 Å². The van der Waals surface area contributed by atoms with Crippen LogP contribution in [0.25, 0.3) is 0 Å². The zero-order chi connectivity index (χ0) is 43.6.